The fraction of sp³-hybridized carbons (Fsp3) is 0.273. The number of esters is 1. The van der Waals surface area contributed by atoms with Gasteiger partial charge in [-0.3, -0.25) is 9.59 Å². The van der Waals surface area contributed by atoms with Gasteiger partial charge < -0.3 is 4.74 Å². The van der Waals surface area contributed by atoms with E-state index in [0.717, 1.165) is 0 Å². The first-order valence-corrected chi connectivity index (χ1v) is 4.48. The van der Waals surface area contributed by atoms with Crippen LogP contribution in [0.4, 0.5) is 0 Å². The molecule has 0 aliphatic heterocycles. The van der Waals surface area contributed by atoms with Crippen LogP contribution in [0.1, 0.15) is 23.7 Å². The molecule has 0 fully saturated rings. The largest absolute Gasteiger partial charge is 0.466 e. The molecule has 0 N–H and O–H groups in total. The minimum atomic E-state index is -0.471. The van der Waals surface area contributed by atoms with Gasteiger partial charge in [-0.25, -0.2) is 0 Å². The smallest absolute Gasteiger partial charge is 0.313 e. The number of Topliss-reactive ketones (excluding diaryl/α,β-unsaturated/α-hetero) is 1. The van der Waals surface area contributed by atoms with Crippen LogP contribution in [0.5, 0.6) is 0 Å². The Morgan fingerprint density at radius 2 is 1.80 bits per heavy atom. The van der Waals surface area contributed by atoms with Crippen molar-refractivity contribution in [1.29, 1.82) is 0 Å². The van der Waals surface area contributed by atoms with Crippen LogP contribution < -0.4 is 0 Å². The van der Waals surface area contributed by atoms with E-state index in [1.165, 1.54) is 0 Å². The summed E-state index contributed by atoms with van der Waals surface area (Å²) < 4.78 is 4.67. The molecule has 0 atom stereocenters. The third-order valence-electron chi connectivity index (χ3n) is 1.71. The molecule has 1 aromatic rings. The highest BCUT2D eigenvalue weighted by atomic mass is 27.0. The van der Waals surface area contributed by atoms with E-state index < -0.39 is 5.97 Å². The molecule has 1 aromatic carbocycles. The van der Waals surface area contributed by atoms with E-state index in [9.17, 15) is 9.59 Å². The summed E-state index contributed by atoms with van der Waals surface area (Å²) in [6.07, 6.45) is -0.183. The molecular weight excluding hydrogens is 207 g/mol. The summed E-state index contributed by atoms with van der Waals surface area (Å²) in [5, 5.41) is 0. The van der Waals surface area contributed by atoms with Gasteiger partial charge in [0.15, 0.2) is 23.1 Å². The Bertz CT molecular complexity index is 322. The fourth-order valence-electron chi connectivity index (χ4n) is 1.07. The predicted octanol–water partition coefficient (Wildman–Crippen LogP) is 0.639. The highest BCUT2D eigenvalue weighted by Gasteiger charge is 2.11. The first-order chi connectivity index (χ1) is 6.74. The second-order valence-corrected chi connectivity index (χ2v) is 2.77. The molecule has 0 aliphatic carbocycles. The first kappa shape index (κ1) is 13.9. The molecule has 0 heterocycles. The zero-order chi connectivity index (χ0) is 10.4. The quantitative estimate of drug-likeness (QED) is 0.325. The average molecular weight is 222 g/mol. The van der Waals surface area contributed by atoms with Crippen molar-refractivity contribution in [3.05, 3.63) is 35.9 Å². The normalized spacial score (nSPS) is 8.87. The van der Waals surface area contributed by atoms with E-state index in [0.29, 0.717) is 12.2 Å². The van der Waals surface area contributed by atoms with Gasteiger partial charge in [0.1, 0.15) is 6.42 Å². The summed E-state index contributed by atoms with van der Waals surface area (Å²) in [7, 11) is 0. The van der Waals surface area contributed by atoms with E-state index in [1.54, 1.807) is 31.2 Å². The maximum atomic E-state index is 11.4. The Balaban J connectivity index is 0.00000196. The summed E-state index contributed by atoms with van der Waals surface area (Å²) in [5.41, 5.74) is 0.542. The Morgan fingerprint density at radius 3 is 2.33 bits per heavy atom. The van der Waals surface area contributed by atoms with Gasteiger partial charge in [0.2, 0.25) is 0 Å². The number of hydrogen-bond acceptors (Lipinski definition) is 3. The van der Waals surface area contributed by atoms with E-state index in [4.69, 9.17) is 0 Å². The van der Waals surface area contributed by atoms with Crippen LogP contribution >= 0.6 is 0 Å². The number of benzene rings is 1. The first-order valence-electron chi connectivity index (χ1n) is 4.48. The topological polar surface area (TPSA) is 43.4 Å². The lowest BCUT2D eigenvalue weighted by Crippen LogP contribution is -2.11. The second kappa shape index (κ2) is 7.22. The van der Waals surface area contributed by atoms with Crippen molar-refractivity contribution in [1.82, 2.24) is 0 Å². The van der Waals surface area contributed by atoms with Gasteiger partial charge in [0, 0.05) is 5.56 Å². The van der Waals surface area contributed by atoms with Gasteiger partial charge in [-0.2, -0.15) is 0 Å². The minimum absolute atomic E-state index is 0. The average Bonchev–Trinajstić information content (AvgIpc) is 2.19. The highest BCUT2D eigenvalue weighted by Crippen LogP contribution is 2.03. The van der Waals surface area contributed by atoms with Crippen LogP contribution in [-0.4, -0.2) is 35.7 Å². The molecule has 0 spiro atoms. The van der Waals surface area contributed by atoms with Gasteiger partial charge >= 0.3 is 5.97 Å². The molecule has 4 heteroatoms. The van der Waals surface area contributed by atoms with E-state index in [2.05, 4.69) is 4.74 Å². The number of hydrogen-bond donors (Lipinski definition) is 0. The molecule has 0 unspecified atom stereocenters. The molecule has 80 valence electrons. The third kappa shape index (κ3) is 4.78. The second-order valence-electron chi connectivity index (χ2n) is 2.77. The summed E-state index contributed by atoms with van der Waals surface area (Å²) in [6, 6.07) is 8.71. The van der Waals surface area contributed by atoms with Gasteiger partial charge in [0.05, 0.1) is 6.61 Å². The summed E-state index contributed by atoms with van der Waals surface area (Å²) in [5.74, 6) is -0.676. The SMILES string of the molecule is CCOC(=O)CC(=O)c1ccccc1.[AlH3]. The van der Waals surface area contributed by atoms with Crippen LogP contribution in [0.2, 0.25) is 0 Å². The Morgan fingerprint density at radius 1 is 1.20 bits per heavy atom. The highest BCUT2D eigenvalue weighted by molar-refractivity contribution is 6.05. The number of carbonyl (C=O) groups excluding carboxylic acids is 2. The van der Waals surface area contributed by atoms with Crippen LogP contribution in [0.25, 0.3) is 0 Å². The zero-order valence-electron chi connectivity index (χ0n) is 8.03. The van der Waals surface area contributed by atoms with Crippen molar-refractivity contribution in [2.45, 2.75) is 13.3 Å². The van der Waals surface area contributed by atoms with Crippen molar-refractivity contribution in [2.75, 3.05) is 6.61 Å². The number of ketones is 1. The Labute approximate surface area is 99.6 Å². The lowest BCUT2D eigenvalue weighted by Gasteiger charge is -2.00. The van der Waals surface area contributed by atoms with E-state index >= 15 is 0 Å². The van der Waals surface area contributed by atoms with Gasteiger partial charge in [-0.05, 0) is 6.92 Å². The number of carbonyl (C=O) groups is 2. The Kier molecular flexibility index (Phi) is 6.69. The molecule has 0 saturated heterocycles. The molecule has 0 saturated carbocycles. The van der Waals surface area contributed by atoms with Crippen molar-refractivity contribution >= 4 is 29.1 Å². The lowest BCUT2D eigenvalue weighted by molar-refractivity contribution is -0.141. The molecule has 15 heavy (non-hydrogen) atoms. The lowest BCUT2D eigenvalue weighted by atomic mass is 10.1. The molecule has 0 aromatic heterocycles. The summed E-state index contributed by atoms with van der Waals surface area (Å²) >= 11 is 0. The van der Waals surface area contributed by atoms with Gasteiger partial charge in [0.25, 0.3) is 0 Å². The molecule has 1 rings (SSSR count). The van der Waals surface area contributed by atoms with Crippen molar-refractivity contribution in [3.63, 3.8) is 0 Å². The standard InChI is InChI=1S/C11H12O3.Al.3H/c1-2-14-11(13)8-10(12)9-6-4-3-5-7-9;;;;/h3-7H,2,8H2,1H3;;;;. The molecule has 0 aliphatic rings. The maximum absolute atomic E-state index is 11.4. The van der Waals surface area contributed by atoms with Crippen molar-refractivity contribution in [3.8, 4) is 0 Å². The van der Waals surface area contributed by atoms with Crippen molar-refractivity contribution < 1.29 is 14.3 Å². The molecule has 0 bridgehead atoms. The number of ether oxygens (including phenoxy) is 1. The van der Waals surface area contributed by atoms with Crippen molar-refractivity contribution in [2.24, 2.45) is 0 Å². The Hall–Kier alpha value is -1.11. The van der Waals surface area contributed by atoms with E-state index in [-0.39, 0.29) is 29.6 Å². The molecule has 3 nitrogen and oxygen atoms in total. The molecular formula is C11H15AlO3. The van der Waals surface area contributed by atoms with Crippen LogP contribution in [0, 0.1) is 0 Å². The monoisotopic (exact) mass is 222 g/mol. The van der Waals surface area contributed by atoms with E-state index in [1.807, 2.05) is 6.07 Å². The summed E-state index contributed by atoms with van der Waals surface area (Å²) in [6.45, 7) is 2.02. The van der Waals surface area contributed by atoms with Gasteiger partial charge in [-0.1, -0.05) is 30.3 Å². The van der Waals surface area contributed by atoms with Crippen LogP contribution in [0.3, 0.4) is 0 Å². The fourth-order valence-corrected chi connectivity index (χ4v) is 1.07. The molecule has 0 amide bonds. The predicted molar refractivity (Wildman–Crippen MR) is 62.0 cm³/mol. The zero-order valence-corrected chi connectivity index (χ0v) is 8.03. The van der Waals surface area contributed by atoms with Crippen LogP contribution in [-0.2, 0) is 9.53 Å². The summed E-state index contributed by atoms with van der Waals surface area (Å²) in [4.78, 5) is 22.4. The van der Waals surface area contributed by atoms with Gasteiger partial charge in [-0.15, -0.1) is 0 Å². The van der Waals surface area contributed by atoms with Crippen LogP contribution in [0.15, 0.2) is 30.3 Å². The molecule has 0 radical (unpaired) electrons. The number of rotatable bonds is 4. The third-order valence-corrected chi connectivity index (χ3v) is 1.71. The minimum Gasteiger partial charge on any atom is -0.466 e. The maximum Gasteiger partial charge on any atom is 0.313 e.